The van der Waals surface area contributed by atoms with Gasteiger partial charge < -0.3 is 9.88 Å². The Morgan fingerprint density at radius 3 is 2.69 bits per heavy atom. The van der Waals surface area contributed by atoms with Crippen LogP contribution in [0.5, 0.6) is 0 Å². The van der Waals surface area contributed by atoms with E-state index in [1.165, 1.54) is 0 Å². The number of pyridine rings is 1. The maximum absolute atomic E-state index is 11.8. The Morgan fingerprint density at radius 1 is 1.44 bits per heavy atom. The molecule has 0 aliphatic carbocycles. The summed E-state index contributed by atoms with van der Waals surface area (Å²) in [6.45, 7) is 0. The molecular weight excluding hydrogens is 226 g/mol. The molecule has 2 aromatic rings. The van der Waals surface area contributed by atoms with Crippen LogP contribution in [0.2, 0.25) is 5.02 Å². The molecule has 0 bridgehead atoms. The molecule has 5 heteroatoms. The van der Waals surface area contributed by atoms with Crippen LogP contribution >= 0.6 is 11.6 Å². The summed E-state index contributed by atoms with van der Waals surface area (Å²) in [7, 11) is 1.77. The van der Waals surface area contributed by atoms with Crippen LogP contribution < -0.4 is 5.32 Å². The number of rotatable bonds is 2. The first-order chi connectivity index (χ1) is 7.66. The van der Waals surface area contributed by atoms with Crippen LogP contribution in [0.15, 0.2) is 36.8 Å². The maximum Gasteiger partial charge on any atom is 0.272 e. The molecule has 0 atom stereocenters. The first kappa shape index (κ1) is 10.7. The third kappa shape index (κ3) is 2.23. The average Bonchev–Trinajstić information content (AvgIpc) is 2.59. The van der Waals surface area contributed by atoms with Gasteiger partial charge in [0.05, 0.1) is 5.02 Å². The van der Waals surface area contributed by atoms with E-state index >= 15 is 0 Å². The Balaban J connectivity index is 2.18. The number of amides is 1. The van der Waals surface area contributed by atoms with E-state index in [1.807, 2.05) is 0 Å². The van der Waals surface area contributed by atoms with Gasteiger partial charge in [-0.2, -0.15) is 0 Å². The van der Waals surface area contributed by atoms with E-state index in [9.17, 15) is 4.79 Å². The highest BCUT2D eigenvalue weighted by atomic mass is 35.5. The number of carbonyl (C=O) groups excluding carboxylic acids is 1. The molecule has 2 heterocycles. The summed E-state index contributed by atoms with van der Waals surface area (Å²) in [5, 5.41) is 3.30. The molecule has 0 spiro atoms. The van der Waals surface area contributed by atoms with E-state index in [1.54, 1.807) is 48.4 Å². The molecule has 0 fully saturated rings. The number of anilines is 1. The fraction of sp³-hybridized carbons (Fsp3) is 0.0909. The van der Waals surface area contributed by atoms with Gasteiger partial charge in [-0.15, -0.1) is 0 Å². The molecule has 0 unspecified atom stereocenters. The summed E-state index contributed by atoms with van der Waals surface area (Å²) in [5.41, 5.74) is 1.22. The van der Waals surface area contributed by atoms with E-state index < -0.39 is 0 Å². The quantitative estimate of drug-likeness (QED) is 0.869. The highest BCUT2D eigenvalue weighted by molar-refractivity contribution is 6.31. The van der Waals surface area contributed by atoms with E-state index in [-0.39, 0.29) is 5.91 Å². The lowest BCUT2D eigenvalue weighted by Crippen LogP contribution is -2.15. The van der Waals surface area contributed by atoms with Crippen LogP contribution in [0.3, 0.4) is 0 Å². The minimum Gasteiger partial charge on any atom is -0.345 e. The first-order valence-corrected chi connectivity index (χ1v) is 5.08. The van der Waals surface area contributed by atoms with E-state index in [2.05, 4.69) is 10.3 Å². The number of nitrogens with one attached hydrogen (secondary N) is 1. The lowest BCUT2D eigenvalue weighted by Gasteiger charge is -2.04. The van der Waals surface area contributed by atoms with Crippen molar-refractivity contribution in [2.75, 3.05) is 5.32 Å². The third-order valence-corrected chi connectivity index (χ3v) is 2.35. The monoisotopic (exact) mass is 235 g/mol. The van der Waals surface area contributed by atoms with Crippen molar-refractivity contribution in [1.29, 1.82) is 0 Å². The lowest BCUT2D eigenvalue weighted by atomic mass is 10.3. The molecule has 0 aromatic carbocycles. The zero-order valence-electron chi connectivity index (χ0n) is 8.64. The van der Waals surface area contributed by atoms with Crippen molar-refractivity contribution >= 4 is 23.2 Å². The minimum atomic E-state index is -0.194. The van der Waals surface area contributed by atoms with Crippen molar-refractivity contribution in [3.8, 4) is 0 Å². The zero-order chi connectivity index (χ0) is 11.5. The summed E-state index contributed by atoms with van der Waals surface area (Å²) in [6, 6.07) is 5.07. The van der Waals surface area contributed by atoms with Crippen LogP contribution in [0.25, 0.3) is 0 Å². The molecule has 0 saturated heterocycles. The Kier molecular flexibility index (Phi) is 2.92. The molecule has 2 rings (SSSR count). The molecule has 0 radical (unpaired) electrons. The maximum atomic E-state index is 11.8. The SMILES string of the molecule is Cn1cc(Cl)cc1C(=O)Nc1ccncc1. The summed E-state index contributed by atoms with van der Waals surface area (Å²) in [4.78, 5) is 15.7. The molecular formula is C11H10ClN3O. The number of carbonyl (C=O) groups is 1. The second-order valence-corrected chi connectivity index (χ2v) is 3.78. The Hall–Kier alpha value is -1.81. The predicted octanol–water partition coefficient (Wildman–Crippen LogP) is 2.33. The van der Waals surface area contributed by atoms with Gasteiger partial charge in [0, 0.05) is 31.3 Å². The zero-order valence-corrected chi connectivity index (χ0v) is 9.40. The van der Waals surface area contributed by atoms with Gasteiger partial charge >= 0.3 is 0 Å². The van der Waals surface area contributed by atoms with E-state index in [0.717, 1.165) is 0 Å². The summed E-state index contributed by atoms with van der Waals surface area (Å²) in [5.74, 6) is -0.194. The van der Waals surface area contributed by atoms with Crippen molar-refractivity contribution in [3.05, 3.63) is 47.5 Å². The second kappa shape index (κ2) is 4.37. The number of nitrogens with zero attached hydrogens (tertiary/aromatic N) is 2. The van der Waals surface area contributed by atoms with Gasteiger partial charge in [0.15, 0.2) is 0 Å². The van der Waals surface area contributed by atoms with Crippen LogP contribution in [-0.2, 0) is 7.05 Å². The van der Waals surface area contributed by atoms with Crippen molar-refractivity contribution in [1.82, 2.24) is 9.55 Å². The van der Waals surface area contributed by atoms with E-state index in [0.29, 0.717) is 16.4 Å². The topological polar surface area (TPSA) is 46.9 Å². The van der Waals surface area contributed by atoms with Gasteiger partial charge in [-0.1, -0.05) is 11.6 Å². The average molecular weight is 236 g/mol. The highest BCUT2D eigenvalue weighted by Gasteiger charge is 2.10. The predicted molar refractivity (Wildman–Crippen MR) is 62.6 cm³/mol. The fourth-order valence-electron chi connectivity index (χ4n) is 1.38. The molecule has 4 nitrogen and oxygen atoms in total. The van der Waals surface area contributed by atoms with Gasteiger partial charge in [-0.25, -0.2) is 0 Å². The van der Waals surface area contributed by atoms with Gasteiger partial charge in [-0.3, -0.25) is 9.78 Å². The van der Waals surface area contributed by atoms with Gasteiger partial charge in [0.25, 0.3) is 5.91 Å². The van der Waals surface area contributed by atoms with Crippen molar-refractivity contribution in [3.63, 3.8) is 0 Å². The van der Waals surface area contributed by atoms with Crippen molar-refractivity contribution in [2.24, 2.45) is 7.05 Å². The first-order valence-electron chi connectivity index (χ1n) is 4.70. The summed E-state index contributed by atoms with van der Waals surface area (Å²) >= 11 is 5.80. The van der Waals surface area contributed by atoms with Gasteiger partial charge in [0.2, 0.25) is 0 Å². The second-order valence-electron chi connectivity index (χ2n) is 3.34. The van der Waals surface area contributed by atoms with Crippen molar-refractivity contribution in [2.45, 2.75) is 0 Å². The lowest BCUT2D eigenvalue weighted by molar-refractivity contribution is 0.101. The minimum absolute atomic E-state index is 0.194. The molecule has 2 aromatic heterocycles. The molecule has 82 valence electrons. The Morgan fingerprint density at radius 2 is 2.12 bits per heavy atom. The molecule has 0 aliphatic rings. The molecule has 0 saturated carbocycles. The van der Waals surface area contributed by atoms with Crippen LogP contribution in [0.4, 0.5) is 5.69 Å². The van der Waals surface area contributed by atoms with Crippen LogP contribution in [0, 0.1) is 0 Å². The summed E-state index contributed by atoms with van der Waals surface area (Å²) < 4.78 is 1.68. The van der Waals surface area contributed by atoms with Crippen LogP contribution in [0.1, 0.15) is 10.5 Å². The standard InChI is InChI=1S/C11H10ClN3O/c1-15-7-8(12)6-10(15)11(16)14-9-2-4-13-5-3-9/h2-7H,1H3,(H,13,14,16). The molecule has 1 N–H and O–H groups in total. The number of hydrogen-bond acceptors (Lipinski definition) is 2. The molecule has 0 aliphatic heterocycles. The smallest absolute Gasteiger partial charge is 0.272 e. The molecule has 1 amide bonds. The third-order valence-electron chi connectivity index (χ3n) is 2.14. The van der Waals surface area contributed by atoms with Crippen LogP contribution in [-0.4, -0.2) is 15.5 Å². The largest absolute Gasteiger partial charge is 0.345 e. The number of hydrogen-bond donors (Lipinski definition) is 1. The van der Waals surface area contributed by atoms with Gasteiger partial charge in [-0.05, 0) is 18.2 Å². The fourth-order valence-corrected chi connectivity index (χ4v) is 1.63. The Labute approximate surface area is 97.9 Å². The Bertz CT molecular complexity index is 507. The number of aryl methyl sites for hydroxylation is 1. The van der Waals surface area contributed by atoms with Gasteiger partial charge in [0.1, 0.15) is 5.69 Å². The molecule has 16 heavy (non-hydrogen) atoms. The summed E-state index contributed by atoms with van der Waals surface area (Å²) in [6.07, 6.45) is 4.92. The van der Waals surface area contributed by atoms with E-state index in [4.69, 9.17) is 11.6 Å². The highest BCUT2D eigenvalue weighted by Crippen LogP contribution is 2.14. The number of aromatic nitrogens is 2. The van der Waals surface area contributed by atoms with Crippen molar-refractivity contribution < 1.29 is 4.79 Å². The number of halogens is 1. The normalized spacial score (nSPS) is 10.1.